The SMILES string of the molecule is C[C@H]1Cc2cc(S(=O)(=O)NCc3cscn3)cc(Cl)c2O1. The average molecular weight is 345 g/mol. The number of halogens is 1. The molecule has 3 rings (SSSR count). The maximum atomic E-state index is 12.3. The summed E-state index contributed by atoms with van der Waals surface area (Å²) in [5.74, 6) is 0.586. The number of hydrogen-bond acceptors (Lipinski definition) is 5. The van der Waals surface area contributed by atoms with E-state index in [1.54, 1.807) is 17.0 Å². The van der Waals surface area contributed by atoms with Gasteiger partial charge in [-0.2, -0.15) is 0 Å². The van der Waals surface area contributed by atoms with Crippen LogP contribution < -0.4 is 9.46 Å². The van der Waals surface area contributed by atoms with Crippen molar-refractivity contribution in [2.45, 2.75) is 30.9 Å². The molecule has 112 valence electrons. The number of aromatic nitrogens is 1. The van der Waals surface area contributed by atoms with E-state index in [4.69, 9.17) is 16.3 Å². The summed E-state index contributed by atoms with van der Waals surface area (Å²) < 4.78 is 32.7. The van der Waals surface area contributed by atoms with Gasteiger partial charge in [-0.25, -0.2) is 18.1 Å². The summed E-state index contributed by atoms with van der Waals surface area (Å²) in [6.07, 6.45) is 0.670. The van der Waals surface area contributed by atoms with Gasteiger partial charge in [-0.15, -0.1) is 11.3 Å². The Morgan fingerprint density at radius 3 is 3.05 bits per heavy atom. The predicted octanol–water partition coefficient (Wildman–Crippen LogP) is 2.60. The van der Waals surface area contributed by atoms with Gasteiger partial charge in [-0.3, -0.25) is 0 Å². The topological polar surface area (TPSA) is 68.3 Å². The lowest BCUT2D eigenvalue weighted by Crippen LogP contribution is -2.23. The molecule has 1 atom stereocenters. The number of fused-ring (bicyclic) bond motifs is 1. The lowest BCUT2D eigenvalue weighted by atomic mass is 10.1. The molecule has 0 bridgehead atoms. The predicted molar refractivity (Wildman–Crippen MR) is 81.4 cm³/mol. The number of nitrogens with zero attached hydrogens (tertiary/aromatic N) is 1. The highest BCUT2D eigenvalue weighted by atomic mass is 35.5. The van der Waals surface area contributed by atoms with Gasteiger partial charge in [-0.05, 0) is 19.1 Å². The van der Waals surface area contributed by atoms with E-state index in [1.165, 1.54) is 17.4 Å². The molecule has 0 amide bonds. The molecule has 1 aliphatic rings. The summed E-state index contributed by atoms with van der Waals surface area (Å²) in [4.78, 5) is 4.20. The quantitative estimate of drug-likeness (QED) is 0.925. The molecule has 5 nitrogen and oxygen atoms in total. The molecule has 0 saturated carbocycles. The van der Waals surface area contributed by atoms with E-state index in [2.05, 4.69) is 9.71 Å². The van der Waals surface area contributed by atoms with Crippen LogP contribution in [0.3, 0.4) is 0 Å². The van der Waals surface area contributed by atoms with Crippen LogP contribution in [0.2, 0.25) is 5.02 Å². The maximum absolute atomic E-state index is 12.3. The Morgan fingerprint density at radius 2 is 2.33 bits per heavy atom. The van der Waals surface area contributed by atoms with Crippen LogP contribution >= 0.6 is 22.9 Å². The molecule has 2 aromatic rings. The molecule has 0 radical (unpaired) electrons. The first-order chi connectivity index (χ1) is 9.95. The Hall–Kier alpha value is -1.15. The largest absolute Gasteiger partial charge is 0.489 e. The van der Waals surface area contributed by atoms with E-state index >= 15 is 0 Å². The van der Waals surface area contributed by atoms with Crippen molar-refractivity contribution in [1.29, 1.82) is 0 Å². The van der Waals surface area contributed by atoms with Crippen LogP contribution in [0.4, 0.5) is 0 Å². The molecule has 1 aromatic heterocycles. The van der Waals surface area contributed by atoms with Gasteiger partial charge < -0.3 is 4.74 Å². The number of nitrogens with one attached hydrogen (secondary N) is 1. The monoisotopic (exact) mass is 344 g/mol. The van der Waals surface area contributed by atoms with Crippen LogP contribution in [-0.2, 0) is 23.0 Å². The van der Waals surface area contributed by atoms with Crippen molar-refractivity contribution in [2.24, 2.45) is 0 Å². The highest BCUT2D eigenvalue weighted by Gasteiger charge is 2.25. The van der Waals surface area contributed by atoms with Gasteiger partial charge in [0.25, 0.3) is 0 Å². The molecule has 21 heavy (non-hydrogen) atoms. The highest BCUT2D eigenvalue weighted by molar-refractivity contribution is 7.89. The number of ether oxygens (including phenoxy) is 1. The summed E-state index contributed by atoms with van der Waals surface area (Å²) in [5.41, 5.74) is 3.17. The van der Waals surface area contributed by atoms with Gasteiger partial charge in [0, 0.05) is 17.4 Å². The van der Waals surface area contributed by atoms with E-state index in [1.807, 2.05) is 6.92 Å². The lowest BCUT2D eigenvalue weighted by Gasteiger charge is -2.09. The Balaban J connectivity index is 1.86. The normalized spacial score (nSPS) is 17.5. The number of rotatable bonds is 4. The van der Waals surface area contributed by atoms with Crippen molar-refractivity contribution in [3.63, 3.8) is 0 Å². The lowest BCUT2D eigenvalue weighted by molar-refractivity contribution is 0.255. The number of hydrogen-bond donors (Lipinski definition) is 1. The fraction of sp³-hybridized carbons (Fsp3) is 0.308. The molecule has 1 aromatic carbocycles. The Labute approximate surface area is 132 Å². The van der Waals surface area contributed by atoms with Crippen molar-refractivity contribution < 1.29 is 13.2 Å². The van der Waals surface area contributed by atoms with Crippen molar-refractivity contribution in [2.75, 3.05) is 0 Å². The summed E-state index contributed by atoms with van der Waals surface area (Å²) in [7, 11) is -3.62. The summed E-state index contributed by atoms with van der Waals surface area (Å²) in [6, 6.07) is 3.04. The van der Waals surface area contributed by atoms with Gasteiger partial charge in [0.1, 0.15) is 11.9 Å². The molecule has 0 aliphatic carbocycles. The third-order valence-electron chi connectivity index (χ3n) is 3.16. The summed E-state index contributed by atoms with van der Waals surface area (Å²) in [5, 5.41) is 2.12. The Bertz CT molecular complexity index is 760. The van der Waals surface area contributed by atoms with Gasteiger partial charge >= 0.3 is 0 Å². The second-order valence-electron chi connectivity index (χ2n) is 4.83. The van der Waals surface area contributed by atoms with Crippen LogP contribution in [0.25, 0.3) is 0 Å². The van der Waals surface area contributed by atoms with Crippen LogP contribution in [0.5, 0.6) is 5.75 Å². The zero-order valence-electron chi connectivity index (χ0n) is 11.2. The molecule has 1 N–H and O–H groups in total. The Morgan fingerprint density at radius 1 is 1.52 bits per heavy atom. The first-order valence-electron chi connectivity index (χ1n) is 6.31. The zero-order valence-corrected chi connectivity index (χ0v) is 13.6. The van der Waals surface area contributed by atoms with Gasteiger partial charge in [0.2, 0.25) is 10.0 Å². The molecule has 0 fully saturated rings. The maximum Gasteiger partial charge on any atom is 0.240 e. The molecule has 0 saturated heterocycles. The van der Waals surface area contributed by atoms with Crippen molar-refractivity contribution >= 4 is 33.0 Å². The smallest absolute Gasteiger partial charge is 0.240 e. The zero-order chi connectivity index (χ0) is 15.0. The van der Waals surface area contributed by atoms with Crippen LogP contribution in [-0.4, -0.2) is 19.5 Å². The van der Waals surface area contributed by atoms with E-state index in [9.17, 15) is 8.42 Å². The van der Waals surface area contributed by atoms with Gasteiger partial charge in [0.05, 0.1) is 27.7 Å². The van der Waals surface area contributed by atoms with E-state index in [0.29, 0.717) is 22.9 Å². The molecule has 1 aliphatic heterocycles. The first-order valence-corrected chi connectivity index (χ1v) is 9.12. The molecule has 0 spiro atoms. The molecule has 2 heterocycles. The average Bonchev–Trinajstić information content (AvgIpc) is 3.05. The van der Waals surface area contributed by atoms with Gasteiger partial charge in [0.15, 0.2) is 0 Å². The summed E-state index contributed by atoms with van der Waals surface area (Å²) in [6.45, 7) is 2.08. The highest BCUT2D eigenvalue weighted by Crippen LogP contribution is 2.37. The van der Waals surface area contributed by atoms with Crippen molar-refractivity contribution in [3.8, 4) is 5.75 Å². The molecule has 0 unspecified atom stereocenters. The second kappa shape index (κ2) is 5.57. The van der Waals surface area contributed by atoms with Crippen molar-refractivity contribution in [1.82, 2.24) is 9.71 Å². The third-order valence-corrected chi connectivity index (χ3v) is 5.45. The van der Waals surface area contributed by atoms with E-state index in [0.717, 1.165) is 5.56 Å². The van der Waals surface area contributed by atoms with Crippen LogP contribution in [0, 0.1) is 0 Å². The van der Waals surface area contributed by atoms with E-state index in [-0.39, 0.29) is 17.5 Å². The molecular formula is C13H13ClN2O3S2. The van der Waals surface area contributed by atoms with E-state index < -0.39 is 10.0 Å². The molecule has 8 heteroatoms. The number of sulfonamides is 1. The fourth-order valence-electron chi connectivity index (χ4n) is 2.19. The number of thiazole rings is 1. The Kier molecular flexibility index (Phi) is 3.92. The van der Waals surface area contributed by atoms with Gasteiger partial charge in [-0.1, -0.05) is 11.6 Å². The minimum Gasteiger partial charge on any atom is -0.489 e. The minimum atomic E-state index is -3.62. The van der Waals surface area contributed by atoms with Crippen molar-refractivity contribution in [3.05, 3.63) is 39.3 Å². The first kappa shape index (κ1) is 14.8. The van der Waals surface area contributed by atoms with Crippen LogP contribution in [0.15, 0.2) is 27.9 Å². The summed E-state index contributed by atoms with van der Waals surface area (Å²) >= 11 is 7.54. The second-order valence-corrected chi connectivity index (χ2v) is 7.72. The fourth-order valence-corrected chi connectivity index (χ4v) is 4.17. The third kappa shape index (κ3) is 3.06. The standard InChI is InChI=1S/C13H13ClN2O3S2/c1-8-2-9-3-11(4-12(14)13(9)19-8)21(17,18)16-5-10-6-20-7-15-10/h3-4,6-8,16H,2,5H2,1H3/t8-/m0/s1. The minimum absolute atomic E-state index is 0.0124. The van der Waals surface area contributed by atoms with Crippen LogP contribution in [0.1, 0.15) is 18.2 Å². The number of benzene rings is 1. The molecular weight excluding hydrogens is 332 g/mol.